The number of allylic oxidation sites excluding steroid dienone is 1. The van der Waals surface area contributed by atoms with Gasteiger partial charge in [-0.3, -0.25) is 9.69 Å². The van der Waals surface area contributed by atoms with Crippen LogP contribution < -0.4 is 10.1 Å². The van der Waals surface area contributed by atoms with Crippen molar-refractivity contribution in [1.29, 1.82) is 0 Å². The van der Waals surface area contributed by atoms with Crippen molar-refractivity contribution in [1.82, 2.24) is 10.2 Å². The molecular weight excluding hydrogens is 663 g/mol. The zero-order valence-electron chi connectivity index (χ0n) is 26.3. The number of likely N-dealkylation sites (tertiary alicyclic amines) is 1. The minimum absolute atomic E-state index is 0.146. The molecule has 1 saturated heterocycles. The van der Waals surface area contributed by atoms with E-state index in [-0.39, 0.29) is 17.6 Å². The summed E-state index contributed by atoms with van der Waals surface area (Å²) in [6.07, 6.45) is -8.08. The summed E-state index contributed by atoms with van der Waals surface area (Å²) < 4.78 is 129. The summed E-state index contributed by atoms with van der Waals surface area (Å²) in [5.74, 6) is -5.03. The number of hydrogen-bond donors (Lipinski definition) is 1. The third-order valence-corrected chi connectivity index (χ3v) is 8.07. The molecule has 4 nitrogen and oxygen atoms in total. The van der Waals surface area contributed by atoms with E-state index < -0.39 is 58.7 Å². The zero-order valence-corrected chi connectivity index (χ0v) is 26.3. The summed E-state index contributed by atoms with van der Waals surface area (Å²) in [7, 11) is 0. The molecule has 1 aliphatic heterocycles. The van der Waals surface area contributed by atoms with Gasteiger partial charge in [0.05, 0.1) is 11.1 Å². The standard InChI is InChI=1S/C36H33F9N2O2/c1-3-23(22-47-14-8-9-15-47)16-26(4-2)34(21-24-10-6-5-7-11-24,27-18-28(37)20-29(19-27)49-36(44,45)33(39)40)46-32(48)25-12-13-31(38)30(17-25)35(41,42)43/h3-7,10-13,16-20,33H,2,8-9,14-15,21-22H2,1H3,(H,46,48)/t34-/m1/s1. The fourth-order valence-corrected chi connectivity index (χ4v) is 5.66. The Morgan fingerprint density at radius 1 is 0.980 bits per heavy atom. The molecule has 13 heteroatoms. The molecule has 0 spiro atoms. The number of ether oxygens (including phenoxy) is 1. The van der Waals surface area contributed by atoms with Gasteiger partial charge in [0.2, 0.25) is 0 Å². The van der Waals surface area contributed by atoms with Crippen molar-refractivity contribution in [3.63, 3.8) is 0 Å². The van der Waals surface area contributed by atoms with Gasteiger partial charge in [-0.05, 0) is 85.5 Å². The maximum atomic E-state index is 15.3. The predicted molar refractivity (Wildman–Crippen MR) is 166 cm³/mol. The van der Waals surface area contributed by atoms with E-state index in [1.165, 1.54) is 6.08 Å². The summed E-state index contributed by atoms with van der Waals surface area (Å²) in [6, 6.07) is 12.0. The van der Waals surface area contributed by atoms with Crippen LogP contribution >= 0.6 is 0 Å². The van der Waals surface area contributed by atoms with Gasteiger partial charge in [0.15, 0.2) is 0 Å². The molecular formula is C36H33F9N2O2. The molecule has 262 valence electrons. The van der Waals surface area contributed by atoms with E-state index >= 15 is 4.39 Å². The lowest BCUT2D eigenvalue weighted by molar-refractivity contribution is -0.253. The van der Waals surface area contributed by atoms with E-state index in [4.69, 9.17) is 0 Å². The number of nitrogens with one attached hydrogen (secondary N) is 1. The molecule has 3 aromatic rings. The van der Waals surface area contributed by atoms with E-state index in [0.29, 0.717) is 35.9 Å². The SMILES string of the molecule is C=CC(=CC(=CC)CN1CCCC1)[C@@](Cc1ccccc1)(NC(=O)c1ccc(F)c(C(F)(F)F)c1)c1cc(F)cc(OC(F)(F)C(F)F)c1. The van der Waals surface area contributed by atoms with Crippen LogP contribution in [0.15, 0.2) is 103 Å². The molecule has 49 heavy (non-hydrogen) atoms. The van der Waals surface area contributed by atoms with Crippen LogP contribution in [0, 0.1) is 11.6 Å². The number of benzene rings is 3. The quantitative estimate of drug-likeness (QED) is 0.143. The fourth-order valence-electron chi connectivity index (χ4n) is 5.66. The summed E-state index contributed by atoms with van der Waals surface area (Å²) >= 11 is 0. The smallest absolute Gasteiger partial charge is 0.428 e. The van der Waals surface area contributed by atoms with E-state index in [1.807, 2.05) is 0 Å². The Balaban J connectivity index is 1.99. The second-order valence-electron chi connectivity index (χ2n) is 11.5. The van der Waals surface area contributed by atoms with E-state index in [0.717, 1.165) is 44.1 Å². The largest absolute Gasteiger partial charge is 0.461 e. The molecule has 0 bridgehead atoms. The van der Waals surface area contributed by atoms with Gasteiger partial charge in [0.25, 0.3) is 5.91 Å². The highest BCUT2D eigenvalue weighted by Gasteiger charge is 2.45. The van der Waals surface area contributed by atoms with Crippen molar-refractivity contribution >= 4 is 5.91 Å². The van der Waals surface area contributed by atoms with Crippen molar-refractivity contribution in [3.8, 4) is 5.75 Å². The van der Waals surface area contributed by atoms with Gasteiger partial charge in [-0.25, -0.2) is 8.78 Å². The first kappa shape index (κ1) is 37.3. The van der Waals surface area contributed by atoms with E-state index in [1.54, 1.807) is 49.4 Å². The molecule has 0 radical (unpaired) electrons. The summed E-state index contributed by atoms with van der Waals surface area (Å²) in [4.78, 5) is 16.1. The Hall–Kier alpha value is -4.52. The van der Waals surface area contributed by atoms with Gasteiger partial charge in [-0.15, -0.1) is 0 Å². The number of nitrogens with zero attached hydrogens (tertiary/aromatic N) is 1. The maximum Gasteiger partial charge on any atom is 0.461 e. The Labute approximate surface area is 277 Å². The van der Waals surface area contributed by atoms with Crippen molar-refractivity contribution in [2.75, 3.05) is 19.6 Å². The van der Waals surface area contributed by atoms with E-state index in [2.05, 4.69) is 21.5 Å². The minimum atomic E-state index is -5.16. The maximum absolute atomic E-state index is 15.3. The molecule has 1 atom stereocenters. The number of alkyl halides is 7. The average Bonchev–Trinajstić information content (AvgIpc) is 3.55. The molecule has 0 aliphatic carbocycles. The second kappa shape index (κ2) is 15.4. The predicted octanol–water partition coefficient (Wildman–Crippen LogP) is 9.24. The van der Waals surface area contributed by atoms with Gasteiger partial charge < -0.3 is 10.1 Å². The Kier molecular flexibility index (Phi) is 11.7. The van der Waals surface area contributed by atoms with Crippen LogP contribution in [0.5, 0.6) is 5.75 Å². The Morgan fingerprint density at radius 3 is 2.24 bits per heavy atom. The molecule has 0 unspecified atom stereocenters. The van der Waals surface area contributed by atoms with Gasteiger partial charge in [-0.1, -0.05) is 55.1 Å². The van der Waals surface area contributed by atoms with Crippen LogP contribution in [-0.4, -0.2) is 43.0 Å². The zero-order chi connectivity index (χ0) is 36.0. The highest BCUT2D eigenvalue weighted by molar-refractivity contribution is 5.95. The topological polar surface area (TPSA) is 41.6 Å². The molecule has 1 heterocycles. The van der Waals surface area contributed by atoms with Crippen molar-refractivity contribution in [2.24, 2.45) is 0 Å². The first-order valence-electron chi connectivity index (χ1n) is 15.2. The fraction of sp³-hybridized carbons (Fsp3) is 0.306. The van der Waals surface area contributed by atoms with Crippen LogP contribution in [0.25, 0.3) is 0 Å². The minimum Gasteiger partial charge on any atom is -0.428 e. The number of carbonyl (C=O) groups is 1. The van der Waals surface area contributed by atoms with Crippen molar-refractivity contribution in [2.45, 2.75) is 50.4 Å². The van der Waals surface area contributed by atoms with Crippen LogP contribution in [0.2, 0.25) is 0 Å². The van der Waals surface area contributed by atoms with Gasteiger partial charge in [-0.2, -0.15) is 30.7 Å². The van der Waals surface area contributed by atoms with Gasteiger partial charge >= 0.3 is 18.7 Å². The molecule has 0 aromatic heterocycles. The van der Waals surface area contributed by atoms with Crippen molar-refractivity contribution in [3.05, 3.63) is 137 Å². The van der Waals surface area contributed by atoms with Crippen LogP contribution in [-0.2, 0) is 18.1 Å². The average molecular weight is 697 g/mol. The Morgan fingerprint density at radius 2 is 1.65 bits per heavy atom. The summed E-state index contributed by atoms with van der Waals surface area (Å²) in [5, 5.41) is 2.66. The van der Waals surface area contributed by atoms with Crippen LogP contribution in [0.1, 0.15) is 46.8 Å². The van der Waals surface area contributed by atoms with Crippen molar-refractivity contribution < 1.29 is 49.0 Å². The molecule has 0 saturated carbocycles. The number of halogens is 9. The Bertz CT molecular complexity index is 1700. The number of carbonyl (C=O) groups excluding carboxylic acids is 1. The highest BCUT2D eigenvalue weighted by atomic mass is 19.4. The highest BCUT2D eigenvalue weighted by Crippen LogP contribution is 2.40. The number of hydrogen-bond acceptors (Lipinski definition) is 3. The lowest BCUT2D eigenvalue weighted by Crippen LogP contribution is -2.49. The van der Waals surface area contributed by atoms with Gasteiger partial charge in [0, 0.05) is 24.6 Å². The first-order chi connectivity index (χ1) is 23.1. The number of rotatable bonds is 13. The van der Waals surface area contributed by atoms with Crippen LogP contribution in [0.4, 0.5) is 39.5 Å². The first-order valence-corrected chi connectivity index (χ1v) is 15.2. The molecule has 1 fully saturated rings. The third kappa shape index (κ3) is 9.14. The second-order valence-corrected chi connectivity index (χ2v) is 11.5. The summed E-state index contributed by atoms with van der Waals surface area (Å²) in [5.41, 5.74) is -3.32. The monoisotopic (exact) mass is 696 g/mol. The molecule has 1 amide bonds. The third-order valence-electron chi connectivity index (χ3n) is 8.07. The lowest BCUT2D eigenvalue weighted by Gasteiger charge is -2.38. The lowest BCUT2D eigenvalue weighted by atomic mass is 9.76. The molecule has 1 N–H and O–H groups in total. The van der Waals surface area contributed by atoms with Gasteiger partial charge in [0.1, 0.15) is 17.4 Å². The molecule has 1 aliphatic rings. The summed E-state index contributed by atoms with van der Waals surface area (Å²) in [6.45, 7) is 7.66. The van der Waals surface area contributed by atoms with E-state index in [9.17, 15) is 39.9 Å². The molecule has 3 aromatic carbocycles. The molecule has 4 rings (SSSR count). The number of amides is 1. The van der Waals surface area contributed by atoms with Crippen LogP contribution in [0.3, 0.4) is 0 Å². The normalized spacial score (nSPS) is 16.1.